The summed E-state index contributed by atoms with van der Waals surface area (Å²) in [5.74, 6) is 1.04. The Morgan fingerprint density at radius 3 is 1.54 bits per heavy atom. The molecule has 46 heavy (non-hydrogen) atoms. The second-order valence-electron chi connectivity index (χ2n) is 10.8. The molecule has 7 nitrogen and oxygen atoms in total. The molecule has 0 fully saturated rings. The molecule has 1 heterocycles. The van der Waals surface area contributed by atoms with Crippen molar-refractivity contribution in [3.8, 4) is 67.9 Å². The largest absolute Gasteiger partial charge is 0.507 e. The van der Waals surface area contributed by atoms with Gasteiger partial charge in [-0.1, -0.05) is 123 Å². The molecule has 0 bridgehead atoms. The Kier molecular flexibility index (Phi) is 9.11. The number of carbonyl (C=O) groups is 1. The first-order chi connectivity index (χ1) is 22.5. The highest BCUT2D eigenvalue weighted by atomic mass is 16.6. The van der Waals surface area contributed by atoms with Crippen LogP contribution in [-0.4, -0.2) is 39.2 Å². The van der Waals surface area contributed by atoms with Crippen molar-refractivity contribution in [2.75, 3.05) is 7.11 Å². The van der Waals surface area contributed by atoms with Crippen LogP contribution in [0.1, 0.15) is 19.8 Å². The third-order valence-electron chi connectivity index (χ3n) is 7.64. The number of methoxy groups -OCH3 is 1. The summed E-state index contributed by atoms with van der Waals surface area (Å²) in [7, 11) is 1.33. The fourth-order valence-corrected chi connectivity index (χ4v) is 5.20. The van der Waals surface area contributed by atoms with E-state index in [0.717, 1.165) is 39.8 Å². The molecule has 0 radical (unpaired) electrons. The van der Waals surface area contributed by atoms with E-state index in [9.17, 15) is 9.90 Å². The van der Waals surface area contributed by atoms with Crippen molar-refractivity contribution < 1.29 is 19.4 Å². The van der Waals surface area contributed by atoms with Gasteiger partial charge in [0.25, 0.3) is 0 Å². The molecule has 0 aliphatic rings. The maximum atomic E-state index is 12.2. The van der Waals surface area contributed by atoms with Crippen molar-refractivity contribution in [2.45, 2.75) is 25.9 Å². The van der Waals surface area contributed by atoms with Gasteiger partial charge in [0.05, 0.1) is 12.7 Å². The fourth-order valence-electron chi connectivity index (χ4n) is 5.20. The zero-order valence-corrected chi connectivity index (χ0v) is 25.6. The smallest absolute Gasteiger partial charge is 0.347 e. The molecule has 228 valence electrons. The van der Waals surface area contributed by atoms with Crippen LogP contribution in [-0.2, 0) is 9.53 Å². The van der Waals surface area contributed by atoms with E-state index in [1.807, 2.05) is 91.9 Å². The van der Waals surface area contributed by atoms with Crippen molar-refractivity contribution in [3.63, 3.8) is 0 Å². The molecule has 6 aromatic rings. The molecule has 0 amide bonds. The van der Waals surface area contributed by atoms with E-state index in [2.05, 4.69) is 24.3 Å². The van der Waals surface area contributed by atoms with Gasteiger partial charge in [-0.2, -0.15) is 0 Å². The molecule has 6 rings (SSSR count). The topological polar surface area (TPSA) is 94.4 Å². The minimum absolute atomic E-state index is 0.0837. The van der Waals surface area contributed by atoms with Gasteiger partial charge in [0.1, 0.15) is 11.5 Å². The average Bonchev–Trinajstić information content (AvgIpc) is 3.12. The third kappa shape index (κ3) is 6.79. The van der Waals surface area contributed by atoms with Gasteiger partial charge in [-0.25, -0.2) is 19.7 Å². The van der Waals surface area contributed by atoms with Crippen LogP contribution in [0.4, 0.5) is 0 Å². The van der Waals surface area contributed by atoms with E-state index in [4.69, 9.17) is 24.4 Å². The number of aromatic hydroxyl groups is 1. The highest BCUT2D eigenvalue weighted by Gasteiger charge is 2.21. The standard InChI is InChI=1S/C39H33N3O4/c1-3-10-35(39(44)45-2)46-32-23-24-33(34(43)25-32)38-41-36(30-19-15-28(16-20-30)26-11-6-4-7-12-26)40-37(42-38)31-21-17-29(18-22-31)27-13-8-5-9-14-27/h4-9,11-25,35,43H,3,10H2,1-2H3. The van der Waals surface area contributed by atoms with Gasteiger partial charge in [0.2, 0.25) is 0 Å². The van der Waals surface area contributed by atoms with E-state index in [1.165, 1.54) is 13.2 Å². The van der Waals surface area contributed by atoms with Gasteiger partial charge in [0.15, 0.2) is 23.6 Å². The van der Waals surface area contributed by atoms with Crippen LogP contribution >= 0.6 is 0 Å². The lowest BCUT2D eigenvalue weighted by atomic mass is 10.0. The number of phenols is 1. The van der Waals surface area contributed by atoms with Crippen LogP contribution in [0.3, 0.4) is 0 Å². The number of phenolic OH excluding ortho intramolecular Hbond substituents is 1. The van der Waals surface area contributed by atoms with E-state index >= 15 is 0 Å². The molecule has 1 atom stereocenters. The van der Waals surface area contributed by atoms with Crippen LogP contribution < -0.4 is 4.74 Å². The lowest BCUT2D eigenvalue weighted by Crippen LogP contribution is -2.28. The molecular formula is C39H33N3O4. The Bertz CT molecular complexity index is 1830. The fraction of sp³-hybridized carbons (Fsp3) is 0.128. The summed E-state index contributed by atoms with van der Waals surface area (Å²) in [6.45, 7) is 1.96. The summed E-state index contributed by atoms with van der Waals surface area (Å²) in [6, 6.07) is 41.3. The van der Waals surface area contributed by atoms with E-state index in [1.54, 1.807) is 12.1 Å². The molecule has 5 aromatic carbocycles. The summed E-state index contributed by atoms with van der Waals surface area (Å²) >= 11 is 0. The molecule has 0 saturated heterocycles. The Morgan fingerprint density at radius 1 is 0.630 bits per heavy atom. The van der Waals surface area contributed by atoms with Crippen molar-refractivity contribution in [1.82, 2.24) is 15.0 Å². The lowest BCUT2D eigenvalue weighted by molar-refractivity contribution is -0.149. The van der Waals surface area contributed by atoms with Crippen molar-refractivity contribution >= 4 is 5.97 Å². The highest BCUT2D eigenvalue weighted by molar-refractivity contribution is 5.76. The quantitative estimate of drug-likeness (QED) is 0.156. The first kappa shape index (κ1) is 30.2. The predicted molar refractivity (Wildman–Crippen MR) is 180 cm³/mol. The Morgan fingerprint density at radius 2 is 1.09 bits per heavy atom. The van der Waals surface area contributed by atoms with Crippen molar-refractivity contribution in [3.05, 3.63) is 127 Å². The maximum absolute atomic E-state index is 12.2. The number of ether oxygens (including phenoxy) is 2. The number of nitrogens with zero attached hydrogens (tertiary/aromatic N) is 3. The summed E-state index contributed by atoms with van der Waals surface area (Å²) in [5, 5.41) is 11.1. The second kappa shape index (κ2) is 13.9. The summed E-state index contributed by atoms with van der Waals surface area (Å²) < 4.78 is 10.8. The minimum atomic E-state index is -0.770. The van der Waals surface area contributed by atoms with E-state index in [0.29, 0.717) is 35.2 Å². The van der Waals surface area contributed by atoms with Gasteiger partial charge in [-0.3, -0.25) is 0 Å². The Hall–Kier alpha value is -5.82. The molecule has 1 N–H and O–H groups in total. The van der Waals surface area contributed by atoms with Crippen molar-refractivity contribution in [1.29, 1.82) is 0 Å². The molecule has 1 unspecified atom stereocenters. The Labute approximate surface area is 268 Å². The predicted octanol–water partition coefficient (Wildman–Crippen LogP) is 8.63. The number of hydrogen-bond donors (Lipinski definition) is 1. The van der Waals surface area contributed by atoms with Crippen LogP contribution in [0.2, 0.25) is 0 Å². The molecule has 1 aromatic heterocycles. The number of rotatable bonds is 10. The Balaban J connectivity index is 1.39. The number of aromatic nitrogens is 3. The molecule has 0 saturated carbocycles. The van der Waals surface area contributed by atoms with Gasteiger partial charge < -0.3 is 14.6 Å². The van der Waals surface area contributed by atoms with Crippen LogP contribution in [0.15, 0.2) is 127 Å². The number of hydrogen-bond acceptors (Lipinski definition) is 7. The van der Waals surface area contributed by atoms with Gasteiger partial charge in [-0.05, 0) is 40.8 Å². The van der Waals surface area contributed by atoms with Crippen LogP contribution in [0.25, 0.3) is 56.4 Å². The summed E-state index contributed by atoms with van der Waals surface area (Å²) in [5.41, 5.74) is 6.42. The molecule has 0 aliphatic carbocycles. The zero-order valence-electron chi connectivity index (χ0n) is 25.6. The first-order valence-corrected chi connectivity index (χ1v) is 15.2. The highest BCUT2D eigenvalue weighted by Crippen LogP contribution is 2.34. The van der Waals surface area contributed by atoms with Crippen LogP contribution in [0, 0.1) is 0 Å². The van der Waals surface area contributed by atoms with E-state index < -0.39 is 12.1 Å². The SMILES string of the molecule is CCCC(Oc1ccc(-c2nc(-c3ccc(-c4ccccc4)cc3)nc(-c3ccc(-c4ccccc4)cc3)n2)c(O)c1)C(=O)OC. The molecular weight excluding hydrogens is 574 g/mol. The monoisotopic (exact) mass is 607 g/mol. The number of esters is 1. The lowest BCUT2D eigenvalue weighted by Gasteiger charge is -2.17. The zero-order chi connectivity index (χ0) is 31.9. The van der Waals surface area contributed by atoms with Gasteiger partial charge >= 0.3 is 5.97 Å². The minimum Gasteiger partial charge on any atom is -0.507 e. The normalized spacial score (nSPS) is 11.5. The van der Waals surface area contributed by atoms with Crippen LogP contribution in [0.5, 0.6) is 11.5 Å². The number of benzene rings is 5. The summed E-state index contributed by atoms with van der Waals surface area (Å²) in [4.78, 5) is 26.6. The van der Waals surface area contributed by atoms with Gasteiger partial charge in [-0.15, -0.1) is 0 Å². The number of carbonyl (C=O) groups excluding carboxylic acids is 1. The summed E-state index contributed by atoms with van der Waals surface area (Å²) in [6.07, 6.45) is 0.453. The maximum Gasteiger partial charge on any atom is 0.347 e. The first-order valence-electron chi connectivity index (χ1n) is 15.2. The molecule has 0 spiro atoms. The average molecular weight is 608 g/mol. The van der Waals surface area contributed by atoms with E-state index in [-0.39, 0.29) is 5.75 Å². The molecule has 0 aliphatic heterocycles. The second-order valence-corrected chi connectivity index (χ2v) is 10.8. The van der Waals surface area contributed by atoms with Crippen molar-refractivity contribution in [2.24, 2.45) is 0 Å². The van der Waals surface area contributed by atoms with Gasteiger partial charge in [0, 0.05) is 17.2 Å². The third-order valence-corrected chi connectivity index (χ3v) is 7.64. The molecule has 7 heteroatoms.